The highest BCUT2D eigenvalue weighted by Gasteiger charge is 2.48. The van der Waals surface area contributed by atoms with Gasteiger partial charge in [-0.15, -0.1) is 0 Å². The maximum atomic E-state index is 5.67. The van der Waals surface area contributed by atoms with Crippen molar-refractivity contribution in [3.05, 3.63) is 10.7 Å². The lowest BCUT2D eigenvalue weighted by atomic mass is 9.64. The Morgan fingerprint density at radius 1 is 1.53 bits per heavy atom. The van der Waals surface area contributed by atoms with E-state index in [0.29, 0.717) is 22.4 Å². The first-order valence-corrected chi connectivity index (χ1v) is 6.32. The van der Waals surface area contributed by atoms with Gasteiger partial charge in [-0.3, -0.25) is 0 Å². The molecule has 1 fully saturated rings. The SMILES string of the molecule is COC1CC(Nc2nc(N)cc(Br)n2)C1(C)C. The Morgan fingerprint density at radius 2 is 2.24 bits per heavy atom. The van der Waals surface area contributed by atoms with Crippen LogP contribution in [0.3, 0.4) is 0 Å². The number of halogens is 1. The summed E-state index contributed by atoms with van der Waals surface area (Å²) in [6.07, 6.45) is 1.24. The zero-order chi connectivity index (χ0) is 12.6. The second-order valence-corrected chi connectivity index (χ2v) is 5.73. The summed E-state index contributed by atoms with van der Waals surface area (Å²) >= 11 is 3.30. The maximum Gasteiger partial charge on any atom is 0.225 e. The van der Waals surface area contributed by atoms with Crippen LogP contribution in [0.5, 0.6) is 0 Å². The Morgan fingerprint density at radius 3 is 2.76 bits per heavy atom. The number of methoxy groups -OCH3 is 1. The molecule has 1 aromatic heterocycles. The minimum Gasteiger partial charge on any atom is -0.383 e. The molecule has 6 heteroatoms. The molecule has 0 aliphatic heterocycles. The summed E-state index contributed by atoms with van der Waals surface area (Å²) in [7, 11) is 1.75. The summed E-state index contributed by atoms with van der Waals surface area (Å²) in [4.78, 5) is 8.40. The zero-order valence-corrected chi connectivity index (χ0v) is 11.8. The normalized spacial score (nSPS) is 26.4. The minimum atomic E-state index is 0.0786. The van der Waals surface area contributed by atoms with E-state index in [1.54, 1.807) is 13.2 Å². The molecule has 0 bridgehead atoms. The Kier molecular flexibility index (Phi) is 3.27. The van der Waals surface area contributed by atoms with Gasteiger partial charge in [0.05, 0.1) is 6.10 Å². The quantitative estimate of drug-likeness (QED) is 0.836. The van der Waals surface area contributed by atoms with E-state index in [2.05, 4.69) is 45.1 Å². The van der Waals surface area contributed by atoms with Crippen LogP contribution in [0.15, 0.2) is 10.7 Å². The molecule has 2 unspecified atom stereocenters. The first-order chi connectivity index (χ1) is 7.93. The van der Waals surface area contributed by atoms with Gasteiger partial charge in [0.1, 0.15) is 10.4 Å². The van der Waals surface area contributed by atoms with Gasteiger partial charge >= 0.3 is 0 Å². The van der Waals surface area contributed by atoms with Crippen molar-refractivity contribution >= 4 is 27.7 Å². The molecular weight excluding hydrogens is 284 g/mol. The molecular formula is C11H17BrN4O. The number of nitrogens with two attached hydrogens (primary N) is 1. The predicted octanol–water partition coefficient (Wildman–Crippen LogP) is 2.05. The molecule has 0 saturated heterocycles. The molecule has 2 atom stereocenters. The van der Waals surface area contributed by atoms with Crippen LogP contribution in [-0.2, 0) is 4.74 Å². The molecule has 0 radical (unpaired) electrons. The van der Waals surface area contributed by atoms with Gasteiger partial charge in [-0.25, -0.2) is 4.98 Å². The number of nitrogens with zero attached hydrogens (tertiary/aromatic N) is 2. The zero-order valence-electron chi connectivity index (χ0n) is 10.2. The Bertz CT molecular complexity index is 404. The van der Waals surface area contributed by atoms with Crippen LogP contribution in [0.4, 0.5) is 11.8 Å². The average molecular weight is 301 g/mol. The van der Waals surface area contributed by atoms with Gasteiger partial charge in [-0.2, -0.15) is 4.98 Å². The first-order valence-electron chi connectivity index (χ1n) is 5.53. The maximum absolute atomic E-state index is 5.67. The van der Waals surface area contributed by atoms with E-state index in [-0.39, 0.29) is 11.5 Å². The topological polar surface area (TPSA) is 73.1 Å². The van der Waals surface area contributed by atoms with E-state index < -0.39 is 0 Å². The lowest BCUT2D eigenvalue weighted by molar-refractivity contribution is -0.0796. The summed E-state index contributed by atoms with van der Waals surface area (Å²) in [6.45, 7) is 4.34. The summed E-state index contributed by atoms with van der Waals surface area (Å²) in [5.74, 6) is 1.01. The van der Waals surface area contributed by atoms with E-state index in [0.717, 1.165) is 6.42 Å². The van der Waals surface area contributed by atoms with Crippen molar-refractivity contribution in [1.29, 1.82) is 0 Å². The minimum absolute atomic E-state index is 0.0786. The van der Waals surface area contributed by atoms with E-state index in [4.69, 9.17) is 10.5 Å². The average Bonchev–Trinajstić information content (AvgIpc) is 2.22. The third kappa shape index (κ3) is 2.37. The Balaban J connectivity index is 2.08. The first kappa shape index (κ1) is 12.6. The van der Waals surface area contributed by atoms with Gasteiger partial charge in [0.25, 0.3) is 0 Å². The summed E-state index contributed by atoms with van der Waals surface area (Å²) < 4.78 is 6.09. The second kappa shape index (κ2) is 4.42. The van der Waals surface area contributed by atoms with E-state index in [1.165, 1.54) is 0 Å². The van der Waals surface area contributed by atoms with Crippen molar-refractivity contribution in [1.82, 2.24) is 9.97 Å². The third-order valence-corrected chi connectivity index (χ3v) is 3.89. The standard InChI is InChI=1S/C11H17BrN4O/c1-11(2)6(4-7(11)17-3)14-10-15-8(12)5-9(13)16-10/h5-7H,4H2,1-3H3,(H3,13,14,15,16). The summed E-state index contributed by atoms with van der Waals surface area (Å²) in [5.41, 5.74) is 5.75. The van der Waals surface area contributed by atoms with Gasteiger partial charge in [-0.05, 0) is 22.4 Å². The predicted molar refractivity (Wildman–Crippen MR) is 70.8 cm³/mol. The lowest BCUT2D eigenvalue weighted by Gasteiger charge is -2.51. The lowest BCUT2D eigenvalue weighted by Crippen LogP contribution is -2.57. The van der Waals surface area contributed by atoms with Crippen LogP contribution < -0.4 is 11.1 Å². The van der Waals surface area contributed by atoms with Gasteiger partial charge in [0.2, 0.25) is 5.95 Å². The van der Waals surface area contributed by atoms with Crippen LogP contribution in [0.2, 0.25) is 0 Å². The molecule has 0 amide bonds. The van der Waals surface area contributed by atoms with Gasteiger partial charge in [0, 0.05) is 24.6 Å². The number of nitrogens with one attached hydrogen (secondary N) is 1. The second-order valence-electron chi connectivity index (χ2n) is 4.92. The molecule has 2 rings (SSSR count). The summed E-state index contributed by atoms with van der Waals surface area (Å²) in [6, 6.07) is 1.98. The molecule has 1 aliphatic carbocycles. The van der Waals surface area contributed by atoms with Gasteiger partial charge in [-0.1, -0.05) is 13.8 Å². The van der Waals surface area contributed by atoms with Crippen molar-refractivity contribution in [2.75, 3.05) is 18.2 Å². The van der Waals surface area contributed by atoms with Crippen molar-refractivity contribution in [2.45, 2.75) is 32.4 Å². The van der Waals surface area contributed by atoms with Crippen LogP contribution in [0.1, 0.15) is 20.3 Å². The number of ether oxygens (including phenoxy) is 1. The van der Waals surface area contributed by atoms with Crippen LogP contribution in [0, 0.1) is 5.41 Å². The van der Waals surface area contributed by atoms with Gasteiger partial charge in [0.15, 0.2) is 0 Å². The molecule has 3 N–H and O–H groups in total. The summed E-state index contributed by atoms with van der Waals surface area (Å²) in [5, 5.41) is 3.30. The molecule has 0 spiro atoms. The molecule has 0 aromatic carbocycles. The van der Waals surface area contributed by atoms with Crippen molar-refractivity contribution in [2.24, 2.45) is 5.41 Å². The van der Waals surface area contributed by atoms with Crippen molar-refractivity contribution in [3.8, 4) is 0 Å². The highest BCUT2D eigenvalue weighted by molar-refractivity contribution is 9.10. The van der Waals surface area contributed by atoms with Gasteiger partial charge < -0.3 is 15.8 Å². The fourth-order valence-electron chi connectivity index (χ4n) is 2.19. The Hall–Kier alpha value is -0.880. The molecule has 5 nitrogen and oxygen atoms in total. The van der Waals surface area contributed by atoms with E-state index >= 15 is 0 Å². The number of aromatic nitrogens is 2. The molecule has 94 valence electrons. The fourth-order valence-corrected chi connectivity index (χ4v) is 2.59. The van der Waals surface area contributed by atoms with Crippen molar-refractivity contribution < 1.29 is 4.74 Å². The number of hydrogen-bond donors (Lipinski definition) is 2. The number of rotatable bonds is 3. The molecule has 1 saturated carbocycles. The molecule has 1 aliphatic rings. The Labute approximate surface area is 109 Å². The molecule has 17 heavy (non-hydrogen) atoms. The highest BCUT2D eigenvalue weighted by Crippen LogP contribution is 2.43. The third-order valence-electron chi connectivity index (χ3n) is 3.48. The highest BCUT2D eigenvalue weighted by atomic mass is 79.9. The van der Waals surface area contributed by atoms with Crippen LogP contribution in [-0.4, -0.2) is 29.2 Å². The van der Waals surface area contributed by atoms with E-state index in [9.17, 15) is 0 Å². The number of anilines is 2. The molecule has 1 aromatic rings. The van der Waals surface area contributed by atoms with Crippen LogP contribution in [0.25, 0.3) is 0 Å². The monoisotopic (exact) mass is 300 g/mol. The number of nitrogen functional groups attached to an aromatic ring is 1. The van der Waals surface area contributed by atoms with Crippen molar-refractivity contribution in [3.63, 3.8) is 0 Å². The van der Waals surface area contributed by atoms with E-state index in [1.807, 2.05) is 0 Å². The largest absolute Gasteiger partial charge is 0.383 e. The smallest absolute Gasteiger partial charge is 0.225 e. The number of hydrogen-bond acceptors (Lipinski definition) is 5. The fraction of sp³-hybridized carbons (Fsp3) is 0.636. The molecule has 1 heterocycles. The van der Waals surface area contributed by atoms with Crippen LogP contribution >= 0.6 is 15.9 Å².